The predicted octanol–water partition coefficient (Wildman–Crippen LogP) is -0.428. The van der Waals surface area contributed by atoms with Gasteiger partial charge in [0.1, 0.15) is 0 Å². The number of ether oxygens (including phenoxy) is 1. The van der Waals surface area contributed by atoms with Crippen molar-refractivity contribution in [3.8, 4) is 0 Å². The number of hydrogen-bond donors (Lipinski definition) is 3. The Morgan fingerprint density at radius 1 is 1.08 bits per heavy atom. The van der Waals surface area contributed by atoms with Crippen LogP contribution in [0.4, 0.5) is 0 Å². The van der Waals surface area contributed by atoms with Gasteiger partial charge in [-0.3, -0.25) is 0 Å². The molecule has 0 spiro atoms. The zero-order valence-electron chi connectivity index (χ0n) is 13.8. The predicted molar refractivity (Wildman–Crippen MR) is 96.1 cm³/mol. The zero-order chi connectivity index (χ0) is 18.1. The van der Waals surface area contributed by atoms with Gasteiger partial charge in [0.05, 0.1) is 0 Å². The Bertz CT molecular complexity index is 889. The Morgan fingerprint density at radius 3 is 2.62 bits per heavy atom. The van der Waals surface area contributed by atoms with Gasteiger partial charge in [-0.05, 0) is 0 Å². The van der Waals surface area contributed by atoms with Crippen LogP contribution in [0.5, 0.6) is 0 Å². The summed E-state index contributed by atoms with van der Waals surface area (Å²) in [5, 5.41) is 31.4. The van der Waals surface area contributed by atoms with Crippen LogP contribution in [0.15, 0.2) is 48.9 Å². The van der Waals surface area contributed by atoms with E-state index in [2.05, 4.69) is 22.1 Å². The molecular formula is C18H19N3O4Se. The second kappa shape index (κ2) is 7.44. The van der Waals surface area contributed by atoms with Crippen molar-refractivity contribution in [3.05, 3.63) is 54.5 Å². The Kier molecular flexibility index (Phi) is 5.04. The van der Waals surface area contributed by atoms with E-state index in [1.54, 1.807) is 10.8 Å². The third-order valence-corrected chi connectivity index (χ3v) is 6.74. The van der Waals surface area contributed by atoms with E-state index in [1.165, 1.54) is 11.9 Å². The maximum atomic E-state index is 10.3. The number of aromatic nitrogens is 3. The summed E-state index contributed by atoms with van der Waals surface area (Å²) in [6, 6.07) is 12.2. The van der Waals surface area contributed by atoms with Gasteiger partial charge >= 0.3 is 156 Å². The van der Waals surface area contributed by atoms with Crippen LogP contribution in [0, 0.1) is 0 Å². The molecule has 0 saturated carbocycles. The first-order chi connectivity index (χ1) is 12.7. The van der Waals surface area contributed by atoms with Gasteiger partial charge in [-0.1, -0.05) is 0 Å². The summed E-state index contributed by atoms with van der Waals surface area (Å²) in [6.45, 7) is -0.353. The van der Waals surface area contributed by atoms with Crippen molar-refractivity contribution >= 4 is 30.6 Å². The van der Waals surface area contributed by atoms with Gasteiger partial charge in [0.2, 0.25) is 0 Å². The van der Waals surface area contributed by atoms with Gasteiger partial charge in [0, 0.05) is 0 Å². The zero-order valence-corrected chi connectivity index (χ0v) is 15.6. The first-order valence-electron chi connectivity index (χ1n) is 8.29. The number of nitrogens with zero attached hydrogens (tertiary/aromatic N) is 3. The first kappa shape index (κ1) is 17.6. The molecule has 1 aromatic carbocycles. The molecule has 4 atom stereocenters. The summed E-state index contributed by atoms with van der Waals surface area (Å²) < 4.78 is 8.29. The normalized spacial score (nSPS) is 25.8. The van der Waals surface area contributed by atoms with E-state index in [0.29, 0.717) is 5.65 Å². The van der Waals surface area contributed by atoms with E-state index >= 15 is 0 Å². The van der Waals surface area contributed by atoms with Crippen LogP contribution < -0.4 is 4.59 Å². The first-order valence-corrected chi connectivity index (χ1v) is 10.4. The molecule has 1 saturated heterocycles. The number of fused-ring (bicyclic) bond motifs is 1. The molecule has 4 rings (SSSR count). The molecule has 26 heavy (non-hydrogen) atoms. The van der Waals surface area contributed by atoms with Crippen molar-refractivity contribution < 1.29 is 20.1 Å². The molecule has 4 unspecified atom stereocenters. The second-order valence-corrected chi connectivity index (χ2v) is 8.16. The molecule has 1 aliphatic heterocycles. The number of benzene rings is 1. The fourth-order valence-corrected chi connectivity index (χ4v) is 5.06. The summed E-state index contributed by atoms with van der Waals surface area (Å²) in [5.41, 5.74) is 1.92. The summed E-state index contributed by atoms with van der Waals surface area (Å²) in [5.74, 6) is 0. The minimum atomic E-state index is -1.13. The molecular weight excluding hydrogens is 401 g/mol. The summed E-state index contributed by atoms with van der Waals surface area (Å²) in [6.07, 6.45) is -0.564. The summed E-state index contributed by atoms with van der Waals surface area (Å²) in [7, 11) is 0. The van der Waals surface area contributed by atoms with Crippen molar-refractivity contribution in [1.29, 1.82) is 0 Å². The Labute approximate surface area is 156 Å². The van der Waals surface area contributed by atoms with E-state index in [9.17, 15) is 15.3 Å². The standard InChI is InChI=1S/C18H19N3O4Se/c22-8-13-14(23)15(24)18(25-13)21-7-6-12-16(21)19-10-20-17(12)26-9-11-4-2-1-3-5-11/h1-7,10,13-15,18,22-24H,8-9H2. The van der Waals surface area contributed by atoms with E-state index in [0.717, 1.165) is 15.3 Å². The SMILES string of the molecule is OCC1OC(n2ccc3c([Se]Cc4ccccc4)ncnc32)C(O)C1O. The second-order valence-electron chi connectivity index (χ2n) is 6.14. The molecule has 1 fully saturated rings. The van der Waals surface area contributed by atoms with Gasteiger partial charge in [-0.25, -0.2) is 0 Å². The van der Waals surface area contributed by atoms with Gasteiger partial charge in [-0.2, -0.15) is 0 Å². The van der Waals surface area contributed by atoms with Gasteiger partial charge in [0.25, 0.3) is 0 Å². The van der Waals surface area contributed by atoms with Crippen molar-refractivity contribution in [2.75, 3.05) is 6.61 Å². The van der Waals surface area contributed by atoms with Crippen molar-refractivity contribution in [2.24, 2.45) is 0 Å². The van der Waals surface area contributed by atoms with Crippen molar-refractivity contribution in [2.45, 2.75) is 29.9 Å². The Hall–Kier alpha value is -1.80. The maximum absolute atomic E-state index is 10.3. The monoisotopic (exact) mass is 421 g/mol. The van der Waals surface area contributed by atoms with Crippen LogP contribution in [0.2, 0.25) is 0 Å². The minimum absolute atomic E-state index is 0.136. The van der Waals surface area contributed by atoms with E-state index < -0.39 is 24.5 Å². The summed E-state index contributed by atoms with van der Waals surface area (Å²) in [4.78, 5) is 8.78. The third kappa shape index (κ3) is 3.16. The molecule has 0 amide bonds. The van der Waals surface area contributed by atoms with Crippen LogP contribution in [-0.2, 0) is 10.1 Å². The van der Waals surface area contributed by atoms with Crippen molar-refractivity contribution in [1.82, 2.24) is 14.5 Å². The molecule has 1 aliphatic rings. The number of aliphatic hydroxyl groups is 3. The summed E-state index contributed by atoms with van der Waals surface area (Å²) >= 11 is 0.136. The fraction of sp³-hybridized carbons (Fsp3) is 0.333. The van der Waals surface area contributed by atoms with Gasteiger partial charge in [-0.15, -0.1) is 0 Å². The molecule has 0 radical (unpaired) electrons. The van der Waals surface area contributed by atoms with Crippen LogP contribution in [0.25, 0.3) is 11.0 Å². The van der Waals surface area contributed by atoms with Crippen LogP contribution in [-0.4, -0.2) is 69.7 Å². The number of hydrogen-bond acceptors (Lipinski definition) is 6. The molecule has 2 aromatic heterocycles. The molecule has 8 heteroatoms. The topological polar surface area (TPSA) is 101 Å². The van der Waals surface area contributed by atoms with Crippen LogP contribution in [0.1, 0.15) is 11.8 Å². The Balaban J connectivity index is 1.61. The molecule has 7 nitrogen and oxygen atoms in total. The number of aliphatic hydroxyl groups excluding tert-OH is 3. The Morgan fingerprint density at radius 2 is 1.88 bits per heavy atom. The van der Waals surface area contributed by atoms with E-state index in [1.807, 2.05) is 24.3 Å². The molecule has 3 aromatic rings. The molecule has 3 N–H and O–H groups in total. The van der Waals surface area contributed by atoms with E-state index in [4.69, 9.17) is 4.74 Å². The van der Waals surface area contributed by atoms with Crippen molar-refractivity contribution in [3.63, 3.8) is 0 Å². The fourth-order valence-electron chi connectivity index (χ4n) is 3.10. The molecule has 136 valence electrons. The van der Waals surface area contributed by atoms with Gasteiger partial charge < -0.3 is 0 Å². The third-order valence-electron chi connectivity index (χ3n) is 4.48. The average molecular weight is 420 g/mol. The molecule has 0 bridgehead atoms. The quantitative estimate of drug-likeness (QED) is 0.485. The van der Waals surface area contributed by atoms with Crippen LogP contribution in [0.3, 0.4) is 0 Å². The number of rotatable bonds is 5. The molecule has 0 aliphatic carbocycles. The molecule has 3 heterocycles. The van der Waals surface area contributed by atoms with E-state index in [-0.39, 0.29) is 21.6 Å². The van der Waals surface area contributed by atoms with Crippen LogP contribution >= 0.6 is 0 Å². The van der Waals surface area contributed by atoms with Gasteiger partial charge in [0.15, 0.2) is 0 Å². The average Bonchev–Trinajstić information content (AvgIpc) is 3.23.